The highest BCUT2D eigenvalue weighted by Crippen LogP contribution is 2.01. The van der Waals surface area contributed by atoms with Crippen LogP contribution in [0.1, 0.15) is 20.8 Å². The van der Waals surface area contributed by atoms with E-state index in [-0.39, 0.29) is 0 Å². The first-order valence-electron chi connectivity index (χ1n) is 5.28. The van der Waals surface area contributed by atoms with Gasteiger partial charge in [0.05, 0.1) is 6.61 Å². The van der Waals surface area contributed by atoms with Gasteiger partial charge in [-0.05, 0) is 20.8 Å². The summed E-state index contributed by atoms with van der Waals surface area (Å²) in [5.74, 6) is 0. The number of nitrogens with one attached hydrogen (secondary N) is 1. The number of carbonyl (C=O) groups excluding carboxylic acids is 1. The van der Waals surface area contributed by atoms with Crippen LogP contribution < -0.4 is 5.43 Å². The molecule has 6 heteroatoms. The summed E-state index contributed by atoms with van der Waals surface area (Å²) in [6, 6.07) is 0. The Labute approximate surface area is 112 Å². The van der Waals surface area contributed by atoms with Crippen molar-refractivity contribution in [3.8, 4) is 0 Å². The van der Waals surface area contributed by atoms with Gasteiger partial charge in [-0.2, -0.15) is 0 Å². The van der Waals surface area contributed by atoms with E-state index in [0.29, 0.717) is 29.8 Å². The second-order valence-corrected chi connectivity index (χ2v) is 4.51. The zero-order chi connectivity index (χ0) is 13.3. The molecule has 0 aromatic carbocycles. The smallest absolute Gasteiger partial charge is 0.421 e. The van der Waals surface area contributed by atoms with Crippen molar-refractivity contribution in [2.75, 3.05) is 19.7 Å². The normalized spacial score (nSPS) is 12.8. The molecule has 0 aromatic heterocycles. The molecule has 0 unspecified atom stereocenters. The van der Waals surface area contributed by atoms with Gasteiger partial charge in [0.15, 0.2) is 0 Å². The Hall–Kier alpha value is -0.710. The van der Waals surface area contributed by atoms with Gasteiger partial charge < -0.3 is 4.74 Å². The van der Waals surface area contributed by atoms with E-state index in [4.69, 9.17) is 27.9 Å². The zero-order valence-electron chi connectivity index (χ0n) is 10.3. The maximum Gasteiger partial charge on any atom is 0.421 e. The number of allylic oxidation sites excluding steroid dienone is 2. The van der Waals surface area contributed by atoms with Gasteiger partial charge in [0.2, 0.25) is 0 Å². The SMILES string of the molecule is CCOC(=O)NN(C/C=C(\C)Cl)C/C=C(\C)Cl. The molecule has 0 aliphatic carbocycles. The van der Waals surface area contributed by atoms with Crippen molar-refractivity contribution < 1.29 is 9.53 Å². The Balaban J connectivity index is 4.34. The molecule has 0 aliphatic heterocycles. The van der Waals surface area contributed by atoms with Gasteiger partial charge in [-0.3, -0.25) is 5.43 Å². The molecule has 0 saturated carbocycles. The lowest BCUT2D eigenvalue weighted by Gasteiger charge is -2.19. The summed E-state index contributed by atoms with van der Waals surface area (Å²) in [7, 11) is 0. The van der Waals surface area contributed by atoms with Crippen LogP contribution in [0, 0.1) is 0 Å². The van der Waals surface area contributed by atoms with E-state index in [1.807, 2.05) is 0 Å². The van der Waals surface area contributed by atoms with Crippen LogP contribution in [0.25, 0.3) is 0 Å². The number of ether oxygens (including phenoxy) is 1. The fourth-order valence-corrected chi connectivity index (χ4v) is 1.07. The number of hydrogen-bond acceptors (Lipinski definition) is 3. The second-order valence-electron chi connectivity index (χ2n) is 3.32. The summed E-state index contributed by atoms with van der Waals surface area (Å²) in [6.45, 7) is 6.58. The molecule has 4 nitrogen and oxygen atoms in total. The molecule has 0 aromatic rings. The number of hydrazine groups is 1. The first kappa shape index (κ1) is 16.3. The van der Waals surface area contributed by atoms with Crippen molar-refractivity contribution in [1.29, 1.82) is 0 Å². The molecule has 0 fully saturated rings. The lowest BCUT2D eigenvalue weighted by Crippen LogP contribution is -2.42. The molecule has 0 rings (SSSR count). The minimum atomic E-state index is -0.492. The molecule has 0 bridgehead atoms. The number of nitrogens with zero attached hydrogens (tertiary/aromatic N) is 1. The van der Waals surface area contributed by atoms with Crippen LogP contribution in [-0.4, -0.2) is 30.8 Å². The summed E-state index contributed by atoms with van der Waals surface area (Å²) >= 11 is 11.5. The minimum absolute atomic E-state index is 0.328. The van der Waals surface area contributed by atoms with Crippen molar-refractivity contribution in [3.05, 3.63) is 22.2 Å². The van der Waals surface area contributed by atoms with Gasteiger partial charge in [0.25, 0.3) is 0 Å². The maximum atomic E-state index is 11.3. The predicted molar refractivity (Wildman–Crippen MR) is 71.0 cm³/mol. The standard InChI is InChI=1S/C11H18Cl2N2O2/c1-4-17-11(16)14-15(7-5-9(2)12)8-6-10(3)13/h5-6H,4,7-8H2,1-3H3,(H,14,16)/b9-5+,10-6+. The van der Waals surface area contributed by atoms with E-state index < -0.39 is 6.09 Å². The molecule has 1 N–H and O–H groups in total. The summed E-state index contributed by atoms with van der Waals surface area (Å²) in [5, 5.41) is 2.97. The van der Waals surface area contributed by atoms with Crippen molar-refractivity contribution in [2.24, 2.45) is 0 Å². The van der Waals surface area contributed by atoms with Crippen LogP contribution >= 0.6 is 23.2 Å². The van der Waals surface area contributed by atoms with Gasteiger partial charge >= 0.3 is 6.09 Å². The van der Waals surface area contributed by atoms with E-state index in [0.717, 1.165) is 0 Å². The van der Waals surface area contributed by atoms with Gasteiger partial charge in [0, 0.05) is 23.2 Å². The van der Waals surface area contributed by atoms with Crippen LogP contribution in [0.4, 0.5) is 4.79 Å². The number of amides is 1. The molecule has 98 valence electrons. The molecule has 0 saturated heterocycles. The van der Waals surface area contributed by atoms with Crippen molar-refractivity contribution in [3.63, 3.8) is 0 Å². The van der Waals surface area contributed by atoms with Crippen LogP contribution in [0.5, 0.6) is 0 Å². The third-order valence-corrected chi connectivity index (χ3v) is 2.02. The van der Waals surface area contributed by atoms with E-state index in [9.17, 15) is 4.79 Å². The van der Waals surface area contributed by atoms with Gasteiger partial charge in [0.1, 0.15) is 0 Å². The van der Waals surface area contributed by atoms with Gasteiger partial charge in [-0.1, -0.05) is 35.4 Å². The van der Waals surface area contributed by atoms with E-state index in [2.05, 4.69) is 5.43 Å². The number of carbonyl (C=O) groups is 1. The Bertz CT molecular complexity index is 276. The third-order valence-electron chi connectivity index (χ3n) is 1.71. The molecule has 1 amide bonds. The highest BCUT2D eigenvalue weighted by atomic mass is 35.5. The number of rotatable bonds is 6. The molecular weight excluding hydrogens is 263 g/mol. The van der Waals surface area contributed by atoms with E-state index >= 15 is 0 Å². The monoisotopic (exact) mass is 280 g/mol. The largest absolute Gasteiger partial charge is 0.449 e. The van der Waals surface area contributed by atoms with E-state index in [1.54, 1.807) is 37.9 Å². The Kier molecular flexibility index (Phi) is 8.94. The second kappa shape index (κ2) is 9.33. The molecule has 0 aliphatic rings. The summed E-state index contributed by atoms with van der Waals surface area (Å²) < 4.78 is 4.79. The fourth-order valence-electron chi connectivity index (χ4n) is 0.930. The maximum absolute atomic E-state index is 11.3. The summed E-state index contributed by atoms with van der Waals surface area (Å²) in [4.78, 5) is 11.3. The average molecular weight is 281 g/mol. The predicted octanol–water partition coefficient (Wildman–Crippen LogP) is 3.23. The number of halogens is 2. The highest BCUT2D eigenvalue weighted by Gasteiger charge is 2.07. The first-order chi connectivity index (χ1) is 7.95. The molecule has 0 radical (unpaired) electrons. The van der Waals surface area contributed by atoms with Crippen molar-refractivity contribution in [1.82, 2.24) is 10.4 Å². The lowest BCUT2D eigenvalue weighted by molar-refractivity contribution is 0.118. The summed E-state index contributed by atoms with van der Waals surface area (Å²) in [6.07, 6.45) is 3.07. The Morgan fingerprint density at radius 2 is 1.71 bits per heavy atom. The topological polar surface area (TPSA) is 41.6 Å². The fraction of sp³-hybridized carbons (Fsp3) is 0.545. The quantitative estimate of drug-likeness (QED) is 0.760. The minimum Gasteiger partial charge on any atom is -0.449 e. The Morgan fingerprint density at radius 1 is 1.24 bits per heavy atom. The van der Waals surface area contributed by atoms with Crippen LogP contribution in [0.2, 0.25) is 0 Å². The number of hydrogen-bond donors (Lipinski definition) is 1. The Morgan fingerprint density at radius 3 is 2.06 bits per heavy atom. The van der Waals surface area contributed by atoms with Crippen LogP contribution in [-0.2, 0) is 4.74 Å². The lowest BCUT2D eigenvalue weighted by atomic mass is 10.4. The average Bonchev–Trinajstić information content (AvgIpc) is 2.22. The zero-order valence-corrected chi connectivity index (χ0v) is 11.8. The molecule has 0 spiro atoms. The van der Waals surface area contributed by atoms with Crippen LogP contribution in [0.3, 0.4) is 0 Å². The molecule has 0 heterocycles. The first-order valence-corrected chi connectivity index (χ1v) is 6.04. The highest BCUT2D eigenvalue weighted by molar-refractivity contribution is 6.29. The van der Waals surface area contributed by atoms with Gasteiger partial charge in [-0.25, -0.2) is 9.80 Å². The third kappa shape index (κ3) is 10.2. The molecule has 0 atom stereocenters. The molecule has 17 heavy (non-hydrogen) atoms. The van der Waals surface area contributed by atoms with E-state index in [1.165, 1.54) is 0 Å². The van der Waals surface area contributed by atoms with Crippen molar-refractivity contribution in [2.45, 2.75) is 20.8 Å². The van der Waals surface area contributed by atoms with Crippen molar-refractivity contribution >= 4 is 29.3 Å². The molecular formula is C11H18Cl2N2O2. The summed E-state index contributed by atoms with van der Waals surface area (Å²) in [5.41, 5.74) is 2.59. The van der Waals surface area contributed by atoms with Crippen LogP contribution in [0.15, 0.2) is 22.2 Å². The van der Waals surface area contributed by atoms with Gasteiger partial charge in [-0.15, -0.1) is 0 Å².